The van der Waals surface area contributed by atoms with Crippen LogP contribution in [0.4, 0.5) is 26.3 Å². The summed E-state index contributed by atoms with van der Waals surface area (Å²) in [6, 6.07) is 15.1. The van der Waals surface area contributed by atoms with E-state index in [9.17, 15) is 53.7 Å². The normalized spacial score (nSPS) is 32.5. The molecule has 3 aliphatic carbocycles. The van der Waals surface area contributed by atoms with Crippen LogP contribution in [0.5, 0.6) is 0 Å². The second-order valence-electron chi connectivity index (χ2n) is 12.0. The SMILES string of the molecule is O=C(OC1C2OC(=O)C3C2SC1C3C(=O)OC(CS(=O)(=O)[O-])(C(F)(F)F)C(F)(F)F)C1CC2c3ccccc3C1c1ccccc12. The van der Waals surface area contributed by atoms with E-state index in [2.05, 4.69) is 4.74 Å². The maximum absolute atomic E-state index is 13.9. The molecule has 3 saturated heterocycles. The fraction of sp³-hybridized carbons (Fsp3) is 0.483. The molecule has 2 aromatic carbocycles. The molecule has 3 heterocycles. The third-order valence-corrected chi connectivity index (χ3v) is 12.1. The lowest BCUT2D eigenvalue weighted by Crippen LogP contribution is -2.64. The number of rotatable bonds is 6. The Morgan fingerprint density at radius 3 is 1.96 bits per heavy atom. The molecule has 6 aliphatic rings. The Morgan fingerprint density at radius 1 is 0.891 bits per heavy atom. The molecule has 0 saturated carbocycles. The summed E-state index contributed by atoms with van der Waals surface area (Å²) in [5.41, 5.74) is -1.82. The zero-order valence-corrected chi connectivity index (χ0v) is 24.6. The molecule has 8 rings (SSSR count). The van der Waals surface area contributed by atoms with Crippen molar-refractivity contribution in [3.63, 3.8) is 0 Å². The van der Waals surface area contributed by atoms with E-state index in [0.29, 0.717) is 6.42 Å². The predicted octanol–water partition coefficient (Wildman–Crippen LogP) is 3.80. The second-order valence-corrected chi connectivity index (χ2v) is 14.8. The number of thioether (sulfide) groups is 1. The Kier molecular flexibility index (Phi) is 6.87. The number of fused-ring (bicyclic) bond motifs is 2. The highest BCUT2D eigenvalue weighted by atomic mass is 32.2. The van der Waals surface area contributed by atoms with E-state index in [1.54, 1.807) is 0 Å². The largest absolute Gasteiger partial charge is 0.748 e. The van der Waals surface area contributed by atoms with Crippen molar-refractivity contribution in [2.45, 2.75) is 58.9 Å². The minimum Gasteiger partial charge on any atom is -0.748 e. The van der Waals surface area contributed by atoms with Crippen LogP contribution in [-0.4, -0.2) is 77.3 Å². The summed E-state index contributed by atoms with van der Waals surface area (Å²) < 4.78 is 132. The van der Waals surface area contributed by atoms with Gasteiger partial charge in [0.2, 0.25) is 0 Å². The molecule has 3 fully saturated rings. The Balaban J connectivity index is 1.19. The highest BCUT2D eigenvalue weighted by molar-refractivity contribution is 8.01. The van der Waals surface area contributed by atoms with Crippen LogP contribution in [0, 0.1) is 17.8 Å². The van der Waals surface area contributed by atoms with Gasteiger partial charge >= 0.3 is 35.9 Å². The lowest BCUT2D eigenvalue weighted by atomic mass is 9.59. The fourth-order valence-corrected chi connectivity index (χ4v) is 10.7. The molecule has 7 unspecified atom stereocenters. The number of halogens is 6. The number of carbonyl (C=O) groups excluding carboxylic acids is 3. The van der Waals surface area contributed by atoms with E-state index < -0.39 is 98.1 Å². The number of hydrogen-bond donors (Lipinski definition) is 0. The van der Waals surface area contributed by atoms with Crippen molar-refractivity contribution in [2.75, 3.05) is 5.75 Å². The van der Waals surface area contributed by atoms with Gasteiger partial charge in [0.05, 0.1) is 44.1 Å². The molecule has 9 nitrogen and oxygen atoms in total. The first kappa shape index (κ1) is 31.3. The van der Waals surface area contributed by atoms with Crippen molar-refractivity contribution in [3.05, 3.63) is 70.8 Å². The van der Waals surface area contributed by atoms with Gasteiger partial charge in [0.1, 0.15) is 0 Å². The average molecular weight is 692 g/mol. The van der Waals surface area contributed by atoms with Crippen molar-refractivity contribution in [1.29, 1.82) is 0 Å². The molecule has 246 valence electrons. The van der Waals surface area contributed by atoms with Gasteiger partial charge in [0.25, 0.3) is 0 Å². The van der Waals surface area contributed by atoms with E-state index in [4.69, 9.17) is 9.47 Å². The minimum absolute atomic E-state index is 0.157. The summed E-state index contributed by atoms with van der Waals surface area (Å²) >= 11 is 0.827. The average Bonchev–Trinajstić information content (AvgIpc) is 3.59. The number of hydrogen-bond acceptors (Lipinski definition) is 10. The first-order valence-electron chi connectivity index (χ1n) is 14.0. The zero-order valence-electron chi connectivity index (χ0n) is 23.0. The van der Waals surface area contributed by atoms with Crippen LogP contribution >= 0.6 is 11.8 Å². The first-order valence-corrected chi connectivity index (χ1v) is 16.5. The third kappa shape index (κ3) is 4.47. The van der Waals surface area contributed by atoms with Gasteiger partial charge in [-0.3, -0.25) is 14.4 Å². The van der Waals surface area contributed by atoms with E-state index in [1.165, 1.54) is 0 Å². The minimum atomic E-state index is -6.58. The molecule has 4 bridgehead atoms. The van der Waals surface area contributed by atoms with Crippen LogP contribution in [-0.2, 0) is 38.7 Å². The molecular formula is C29H21F6O9S2-. The summed E-state index contributed by atoms with van der Waals surface area (Å²) in [6.45, 7) is 0. The Bertz CT molecular complexity index is 1700. The molecule has 7 atom stereocenters. The van der Waals surface area contributed by atoms with Crippen molar-refractivity contribution in [3.8, 4) is 0 Å². The van der Waals surface area contributed by atoms with Gasteiger partial charge < -0.3 is 18.8 Å². The quantitative estimate of drug-likeness (QED) is 0.191. The van der Waals surface area contributed by atoms with Gasteiger partial charge in [-0.25, -0.2) is 8.42 Å². The number of esters is 3. The van der Waals surface area contributed by atoms with Gasteiger partial charge in [-0.05, 0) is 28.7 Å². The van der Waals surface area contributed by atoms with Gasteiger partial charge in [-0.1, -0.05) is 48.5 Å². The van der Waals surface area contributed by atoms with Crippen LogP contribution in [0.1, 0.15) is 40.5 Å². The molecule has 0 N–H and O–H groups in total. The molecule has 17 heteroatoms. The molecule has 0 aromatic heterocycles. The van der Waals surface area contributed by atoms with Crippen LogP contribution in [0.3, 0.4) is 0 Å². The summed E-state index contributed by atoms with van der Waals surface area (Å²) in [5.74, 6) is -12.2. The van der Waals surface area contributed by atoms with Crippen molar-refractivity contribution < 1.29 is 67.9 Å². The van der Waals surface area contributed by atoms with Crippen LogP contribution in [0.15, 0.2) is 48.5 Å². The summed E-state index contributed by atoms with van der Waals surface area (Å²) in [6.07, 6.45) is -15.4. The maximum Gasteiger partial charge on any atom is 0.438 e. The monoisotopic (exact) mass is 691 g/mol. The van der Waals surface area contributed by atoms with E-state index in [1.807, 2.05) is 48.5 Å². The lowest BCUT2D eigenvalue weighted by Gasteiger charge is -2.45. The Morgan fingerprint density at radius 2 is 1.43 bits per heavy atom. The van der Waals surface area contributed by atoms with Gasteiger partial charge in [-0.2, -0.15) is 26.3 Å². The molecule has 0 amide bonds. The Labute approximate surface area is 260 Å². The van der Waals surface area contributed by atoms with Crippen LogP contribution in [0.25, 0.3) is 0 Å². The Hall–Kier alpha value is -3.31. The van der Waals surface area contributed by atoms with Gasteiger partial charge in [-0.15, -0.1) is 11.8 Å². The number of carbonyl (C=O) groups is 3. The molecular weight excluding hydrogens is 670 g/mol. The van der Waals surface area contributed by atoms with E-state index in [-0.39, 0.29) is 5.92 Å². The van der Waals surface area contributed by atoms with Crippen molar-refractivity contribution in [2.24, 2.45) is 17.8 Å². The van der Waals surface area contributed by atoms with Gasteiger partial charge in [0.15, 0.2) is 12.2 Å². The zero-order chi connectivity index (χ0) is 33.1. The van der Waals surface area contributed by atoms with Crippen LogP contribution in [0.2, 0.25) is 0 Å². The number of benzene rings is 2. The molecule has 0 radical (unpaired) electrons. The van der Waals surface area contributed by atoms with Gasteiger partial charge in [0, 0.05) is 11.8 Å². The summed E-state index contributed by atoms with van der Waals surface area (Å²) in [7, 11) is -6.27. The van der Waals surface area contributed by atoms with Crippen LogP contribution < -0.4 is 0 Å². The fourth-order valence-electron chi connectivity index (χ4n) is 7.79. The first-order chi connectivity index (χ1) is 21.4. The molecule has 2 aromatic rings. The number of ether oxygens (including phenoxy) is 3. The third-order valence-electron chi connectivity index (χ3n) is 9.61. The molecule has 3 aliphatic heterocycles. The summed E-state index contributed by atoms with van der Waals surface area (Å²) in [4.78, 5) is 39.8. The standard InChI is InChI=1S/C29H22F6O9S2/c30-28(31,32)27(29(33,34)35,10-46(39,40)41)44-26(38)19-18-22-21(43-25(18)37)20(23(19)45-22)42-24(36)16-9-15-11-5-1-3-7-13(11)17(16)14-8-4-2-6-12(14)15/h1-8,15-23H,9-10H2,(H,39,40,41)/p-1. The highest BCUT2D eigenvalue weighted by Crippen LogP contribution is 2.61. The van der Waals surface area contributed by atoms with Crippen molar-refractivity contribution >= 4 is 39.8 Å². The molecule has 46 heavy (non-hydrogen) atoms. The van der Waals surface area contributed by atoms with E-state index in [0.717, 1.165) is 34.0 Å². The smallest absolute Gasteiger partial charge is 0.438 e. The summed E-state index contributed by atoms with van der Waals surface area (Å²) in [5, 5.41) is -2.32. The highest BCUT2D eigenvalue weighted by Gasteiger charge is 2.77. The molecule has 0 spiro atoms. The second kappa shape index (κ2) is 10.1. The van der Waals surface area contributed by atoms with E-state index >= 15 is 0 Å². The predicted molar refractivity (Wildman–Crippen MR) is 142 cm³/mol. The topological polar surface area (TPSA) is 136 Å². The lowest BCUT2D eigenvalue weighted by molar-refractivity contribution is -0.362. The number of alkyl halides is 6. The van der Waals surface area contributed by atoms with Crippen molar-refractivity contribution in [1.82, 2.24) is 0 Å². The maximum atomic E-state index is 13.9.